The summed E-state index contributed by atoms with van der Waals surface area (Å²) in [7, 11) is 1.59. The van der Waals surface area contributed by atoms with Gasteiger partial charge in [-0.1, -0.05) is 54.6 Å². The fourth-order valence-corrected chi connectivity index (χ4v) is 3.23. The fraction of sp³-hybridized carbons (Fsp3) is 0.125. The summed E-state index contributed by atoms with van der Waals surface area (Å²) >= 11 is 0. The van der Waals surface area contributed by atoms with Crippen molar-refractivity contribution in [2.45, 2.75) is 13.1 Å². The van der Waals surface area contributed by atoms with Crippen LogP contribution in [-0.4, -0.2) is 13.0 Å². The van der Waals surface area contributed by atoms with E-state index in [9.17, 15) is 4.79 Å². The Kier molecular flexibility index (Phi) is 5.59. The summed E-state index contributed by atoms with van der Waals surface area (Å²) in [4.78, 5) is 12.6. The van der Waals surface area contributed by atoms with Gasteiger partial charge >= 0.3 is 0 Å². The number of hydrogen-bond donors (Lipinski definition) is 2. The quantitative estimate of drug-likeness (QED) is 0.470. The molecule has 1 aromatic heterocycles. The maximum atomic E-state index is 12.6. The third-order valence-corrected chi connectivity index (χ3v) is 4.70. The van der Waals surface area contributed by atoms with Crippen LogP contribution in [0.25, 0.3) is 11.0 Å². The van der Waals surface area contributed by atoms with Gasteiger partial charge in [0.1, 0.15) is 0 Å². The highest BCUT2D eigenvalue weighted by Gasteiger charge is 2.17. The van der Waals surface area contributed by atoms with Gasteiger partial charge in [-0.15, -0.1) is 0 Å². The van der Waals surface area contributed by atoms with Gasteiger partial charge < -0.3 is 19.8 Å². The van der Waals surface area contributed by atoms with Crippen LogP contribution < -0.4 is 15.4 Å². The predicted molar refractivity (Wildman–Crippen MR) is 114 cm³/mol. The van der Waals surface area contributed by atoms with E-state index < -0.39 is 0 Å². The Balaban J connectivity index is 1.56. The average Bonchev–Trinajstić information content (AvgIpc) is 3.21. The number of ether oxygens (including phenoxy) is 1. The Morgan fingerprint density at radius 1 is 0.931 bits per heavy atom. The van der Waals surface area contributed by atoms with E-state index in [1.165, 1.54) is 5.56 Å². The number of fused-ring (bicyclic) bond motifs is 1. The second-order valence-corrected chi connectivity index (χ2v) is 6.69. The van der Waals surface area contributed by atoms with Gasteiger partial charge in [0.25, 0.3) is 5.91 Å². The molecule has 0 aliphatic heterocycles. The first-order valence-electron chi connectivity index (χ1n) is 9.45. The summed E-state index contributed by atoms with van der Waals surface area (Å²) in [5, 5.41) is 7.16. The van der Waals surface area contributed by atoms with E-state index in [0.717, 1.165) is 23.2 Å². The van der Waals surface area contributed by atoms with Crippen LogP contribution in [-0.2, 0) is 13.1 Å². The van der Waals surface area contributed by atoms with Crippen molar-refractivity contribution in [3.8, 4) is 5.75 Å². The topological polar surface area (TPSA) is 63.5 Å². The van der Waals surface area contributed by atoms with Crippen molar-refractivity contribution in [2.75, 3.05) is 12.4 Å². The molecule has 0 radical (unpaired) electrons. The molecule has 0 saturated heterocycles. The zero-order chi connectivity index (χ0) is 20.1. The van der Waals surface area contributed by atoms with Gasteiger partial charge in [0.15, 0.2) is 17.1 Å². The van der Waals surface area contributed by atoms with Crippen LogP contribution in [0.2, 0.25) is 0 Å². The van der Waals surface area contributed by atoms with Crippen LogP contribution in [0.4, 0.5) is 5.69 Å². The molecule has 29 heavy (non-hydrogen) atoms. The number of amides is 1. The lowest BCUT2D eigenvalue weighted by Gasteiger charge is -2.08. The molecule has 5 nitrogen and oxygen atoms in total. The maximum absolute atomic E-state index is 12.6. The Bertz CT molecular complexity index is 1110. The molecule has 2 N–H and O–H groups in total. The van der Waals surface area contributed by atoms with Gasteiger partial charge in [-0.25, -0.2) is 0 Å². The van der Waals surface area contributed by atoms with E-state index in [1.54, 1.807) is 13.2 Å². The lowest BCUT2D eigenvalue weighted by molar-refractivity contribution is 0.0998. The van der Waals surface area contributed by atoms with Crippen molar-refractivity contribution in [3.05, 3.63) is 95.7 Å². The van der Waals surface area contributed by atoms with Crippen LogP contribution in [0.3, 0.4) is 0 Å². The number of hydrogen-bond acceptors (Lipinski definition) is 4. The van der Waals surface area contributed by atoms with Gasteiger partial charge in [-0.3, -0.25) is 4.79 Å². The Morgan fingerprint density at radius 3 is 2.38 bits per heavy atom. The minimum Gasteiger partial charge on any atom is -0.493 e. The van der Waals surface area contributed by atoms with Crippen LogP contribution in [0.1, 0.15) is 21.7 Å². The van der Waals surface area contributed by atoms with Gasteiger partial charge in [0, 0.05) is 24.2 Å². The molecule has 0 atom stereocenters. The van der Waals surface area contributed by atoms with Crippen molar-refractivity contribution >= 4 is 22.6 Å². The second-order valence-electron chi connectivity index (χ2n) is 6.69. The second kappa shape index (κ2) is 8.63. The third kappa shape index (κ3) is 4.31. The van der Waals surface area contributed by atoms with Crippen LogP contribution in [0.5, 0.6) is 5.75 Å². The van der Waals surface area contributed by atoms with Crippen molar-refractivity contribution in [3.63, 3.8) is 0 Å². The summed E-state index contributed by atoms with van der Waals surface area (Å²) in [6.45, 7) is 1.40. The zero-order valence-electron chi connectivity index (χ0n) is 16.1. The van der Waals surface area contributed by atoms with Crippen LogP contribution in [0.15, 0.2) is 83.3 Å². The van der Waals surface area contributed by atoms with E-state index in [-0.39, 0.29) is 11.7 Å². The number of carbonyl (C=O) groups is 1. The zero-order valence-corrected chi connectivity index (χ0v) is 16.1. The summed E-state index contributed by atoms with van der Waals surface area (Å²) in [5.41, 5.74) is 3.55. The molecule has 0 spiro atoms. The van der Waals surface area contributed by atoms with Crippen molar-refractivity contribution in [1.82, 2.24) is 5.32 Å². The molecule has 4 aromatic rings. The molecular weight excluding hydrogens is 364 g/mol. The summed E-state index contributed by atoms with van der Waals surface area (Å²) in [5.74, 6) is 0.556. The van der Waals surface area contributed by atoms with Gasteiger partial charge in [0.2, 0.25) is 0 Å². The molecule has 146 valence electrons. The lowest BCUT2D eigenvalue weighted by atomic mass is 10.1. The highest BCUT2D eigenvalue weighted by Crippen LogP contribution is 2.32. The average molecular weight is 386 g/mol. The third-order valence-electron chi connectivity index (χ3n) is 4.70. The van der Waals surface area contributed by atoms with Gasteiger partial charge in [-0.05, 0) is 35.4 Å². The molecule has 1 amide bonds. The number of methoxy groups -OCH3 is 1. The molecule has 5 heteroatoms. The summed E-state index contributed by atoms with van der Waals surface area (Å²) in [6, 6.07) is 25.2. The molecule has 0 bridgehead atoms. The molecule has 0 fully saturated rings. The number of nitrogens with one attached hydrogen (secondary N) is 2. The first kappa shape index (κ1) is 18.8. The Hall–Kier alpha value is -3.57. The molecule has 0 unspecified atom stereocenters. The first-order chi connectivity index (χ1) is 14.2. The van der Waals surface area contributed by atoms with E-state index in [0.29, 0.717) is 17.9 Å². The number of benzene rings is 3. The van der Waals surface area contributed by atoms with Crippen molar-refractivity contribution in [1.29, 1.82) is 0 Å². The number of furan rings is 1. The SMILES string of the molecule is COc1ccc(CNCc2ccccc2)c2cc(C(=O)Nc3ccccc3)oc12. The minimum atomic E-state index is -0.294. The number of para-hydroxylation sites is 1. The highest BCUT2D eigenvalue weighted by molar-refractivity contribution is 6.05. The normalized spacial score (nSPS) is 10.8. The van der Waals surface area contributed by atoms with E-state index in [4.69, 9.17) is 9.15 Å². The van der Waals surface area contributed by atoms with Crippen LogP contribution >= 0.6 is 0 Å². The first-order valence-corrected chi connectivity index (χ1v) is 9.45. The molecule has 4 rings (SSSR count). The molecule has 0 saturated carbocycles. The van der Waals surface area contributed by atoms with Gasteiger partial charge in [-0.2, -0.15) is 0 Å². The van der Waals surface area contributed by atoms with E-state index in [2.05, 4.69) is 22.8 Å². The molecular formula is C24H22N2O3. The Morgan fingerprint density at radius 2 is 1.66 bits per heavy atom. The summed E-state index contributed by atoms with van der Waals surface area (Å²) < 4.78 is 11.3. The van der Waals surface area contributed by atoms with Gasteiger partial charge in [0.05, 0.1) is 7.11 Å². The minimum absolute atomic E-state index is 0.248. The predicted octanol–water partition coefficient (Wildman–Crippen LogP) is 4.98. The molecule has 0 aliphatic rings. The number of rotatable bonds is 7. The molecule has 0 aliphatic carbocycles. The largest absolute Gasteiger partial charge is 0.493 e. The molecule has 3 aromatic carbocycles. The van der Waals surface area contributed by atoms with E-state index in [1.807, 2.05) is 60.7 Å². The standard InChI is InChI=1S/C24H22N2O3/c1-28-21-13-12-18(16-25-15-17-8-4-2-5-9-17)20-14-22(29-23(20)21)24(27)26-19-10-6-3-7-11-19/h2-14,25H,15-16H2,1H3,(H,26,27). The number of anilines is 1. The Labute approximate surface area is 169 Å². The van der Waals surface area contributed by atoms with Crippen molar-refractivity contribution < 1.29 is 13.9 Å². The lowest BCUT2D eigenvalue weighted by Crippen LogP contribution is -2.12. The maximum Gasteiger partial charge on any atom is 0.291 e. The molecule has 1 heterocycles. The van der Waals surface area contributed by atoms with Crippen molar-refractivity contribution in [2.24, 2.45) is 0 Å². The monoisotopic (exact) mass is 386 g/mol. The van der Waals surface area contributed by atoms with Crippen LogP contribution in [0, 0.1) is 0 Å². The summed E-state index contributed by atoms with van der Waals surface area (Å²) in [6.07, 6.45) is 0. The smallest absolute Gasteiger partial charge is 0.291 e. The number of carbonyl (C=O) groups excluding carboxylic acids is 1. The highest BCUT2D eigenvalue weighted by atomic mass is 16.5. The van der Waals surface area contributed by atoms with E-state index >= 15 is 0 Å². The fourth-order valence-electron chi connectivity index (χ4n) is 3.23.